The van der Waals surface area contributed by atoms with Gasteiger partial charge in [0.2, 0.25) is 5.91 Å². The number of likely N-dealkylation sites (tertiary alicyclic amines) is 1. The Hall–Kier alpha value is -1.62. The third-order valence-corrected chi connectivity index (χ3v) is 4.30. The molecule has 1 aliphatic rings. The highest BCUT2D eigenvalue weighted by molar-refractivity contribution is 5.77. The summed E-state index contributed by atoms with van der Waals surface area (Å²) in [5.74, 6) is 0.127. The van der Waals surface area contributed by atoms with Crippen LogP contribution < -0.4 is 10.5 Å². The third-order valence-electron chi connectivity index (χ3n) is 4.30. The van der Waals surface area contributed by atoms with Gasteiger partial charge in [0.15, 0.2) is 0 Å². The summed E-state index contributed by atoms with van der Waals surface area (Å²) in [4.78, 5) is 14.4. The van der Waals surface area contributed by atoms with Gasteiger partial charge in [-0.3, -0.25) is 4.79 Å². The molecule has 2 N–H and O–H groups in total. The molecule has 1 heterocycles. The van der Waals surface area contributed by atoms with Gasteiger partial charge < -0.3 is 15.4 Å². The molecule has 0 bridgehead atoms. The van der Waals surface area contributed by atoms with Crippen LogP contribution in [0.2, 0.25) is 0 Å². The summed E-state index contributed by atoms with van der Waals surface area (Å²) in [5.41, 5.74) is 6.51. The van der Waals surface area contributed by atoms with Gasteiger partial charge in [0, 0.05) is 31.0 Å². The topological polar surface area (TPSA) is 55.6 Å². The Morgan fingerprint density at radius 2 is 2.00 bits per heavy atom. The molecule has 0 saturated carbocycles. The Labute approximate surface area is 131 Å². The lowest BCUT2D eigenvalue weighted by atomic mass is 9.94. The lowest BCUT2D eigenvalue weighted by molar-refractivity contribution is -0.131. The molecule has 2 rings (SSSR count). The van der Waals surface area contributed by atoms with Crippen molar-refractivity contribution in [2.75, 3.05) is 26.7 Å². The Morgan fingerprint density at radius 3 is 2.59 bits per heavy atom. The highest BCUT2D eigenvalue weighted by atomic mass is 19.1. The van der Waals surface area contributed by atoms with Crippen molar-refractivity contribution in [2.24, 2.45) is 5.73 Å². The van der Waals surface area contributed by atoms with E-state index in [2.05, 4.69) is 0 Å². The fourth-order valence-corrected chi connectivity index (χ4v) is 3.00. The fraction of sp³-hybridized carbons (Fsp3) is 0.588. The van der Waals surface area contributed by atoms with Crippen LogP contribution in [0.4, 0.5) is 4.39 Å². The molecule has 1 saturated heterocycles. The van der Waals surface area contributed by atoms with E-state index in [1.54, 1.807) is 13.2 Å². The van der Waals surface area contributed by atoms with Crippen molar-refractivity contribution in [1.82, 2.24) is 4.90 Å². The number of nitrogens with two attached hydrogens (primary N) is 1. The van der Waals surface area contributed by atoms with Crippen LogP contribution in [0.3, 0.4) is 0 Å². The molecule has 122 valence electrons. The minimum atomic E-state index is -0.337. The number of halogens is 1. The average Bonchev–Trinajstić information content (AvgIpc) is 2.81. The molecule has 1 aliphatic heterocycles. The van der Waals surface area contributed by atoms with Gasteiger partial charge in [0.25, 0.3) is 0 Å². The molecule has 0 spiro atoms. The van der Waals surface area contributed by atoms with E-state index in [9.17, 15) is 9.18 Å². The molecule has 1 unspecified atom stereocenters. The normalized spacial score (nSPS) is 17.0. The minimum absolute atomic E-state index is 0.101. The molecule has 1 amide bonds. The second kappa shape index (κ2) is 8.13. The van der Waals surface area contributed by atoms with E-state index < -0.39 is 0 Å². The van der Waals surface area contributed by atoms with E-state index in [0.29, 0.717) is 24.3 Å². The van der Waals surface area contributed by atoms with Crippen LogP contribution in [0.5, 0.6) is 5.75 Å². The van der Waals surface area contributed by atoms with Gasteiger partial charge in [-0.25, -0.2) is 4.39 Å². The molecule has 22 heavy (non-hydrogen) atoms. The second-order valence-corrected chi connectivity index (χ2v) is 5.82. The van der Waals surface area contributed by atoms with Crippen molar-refractivity contribution in [3.63, 3.8) is 0 Å². The predicted octanol–water partition coefficient (Wildman–Crippen LogP) is 2.67. The Bertz CT molecular complexity index is 499. The third kappa shape index (κ3) is 4.19. The summed E-state index contributed by atoms with van der Waals surface area (Å²) >= 11 is 0. The number of carbonyl (C=O) groups excluding carboxylic acids is 1. The molecule has 1 aromatic carbocycles. The van der Waals surface area contributed by atoms with E-state index in [4.69, 9.17) is 10.5 Å². The van der Waals surface area contributed by atoms with Gasteiger partial charge in [-0.1, -0.05) is 12.8 Å². The number of methoxy groups -OCH3 is 1. The quantitative estimate of drug-likeness (QED) is 0.910. The van der Waals surface area contributed by atoms with Crippen LogP contribution in [0.1, 0.15) is 43.6 Å². The van der Waals surface area contributed by atoms with Crippen LogP contribution in [0.25, 0.3) is 0 Å². The van der Waals surface area contributed by atoms with E-state index in [1.807, 2.05) is 4.90 Å². The van der Waals surface area contributed by atoms with Crippen LogP contribution in [-0.2, 0) is 4.79 Å². The van der Waals surface area contributed by atoms with E-state index in [-0.39, 0.29) is 17.6 Å². The first-order valence-corrected chi connectivity index (χ1v) is 7.97. The minimum Gasteiger partial charge on any atom is -0.496 e. The zero-order valence-electron chi connectivity index (χ0n) is 13.2. The van der Waals surface area contributed by atoms with Gasteiger partial charge in [-0.2, -0.15) is 0 Å². The molecule has 5 heteroatoms. The molecule has 0 aromatic heterocycles. The van der Waals surface area contributed by atoms with Crippen LogP contribution in [-0.4, -0.2) is 37.6 Å². The Morgan fingerprint density at radius 1 is 1.32 bits per heavy atom. The molecule has 0 radical (unpaired) electrons. The number of hydrogen-bond donors (Lipinski definition) is 1. The summed E-state index contributed by atoms with van der Waals surface area (Å²) < 4.78 is 18.8. The number of nitrogens with zero attached hydrogens (tertiary/aromatic N) is 1. The monoisotopic (exact) mass is 308 g/mol. The lowest BCUT2D eigenvalue weighted by Gasteiger charge is -2.24. The summed E-state index contributed by atoms with van der Waals surface area (Å²) in [6, 6.07) is 4.36. The summed E-state index contributed by atoms with van der Waals surface area (Å²) in [6.07, 6.45) is 4.78. The highest BCUT2D eigenvalue weighted by Gasteiger charge is 2.23. The Kier molecular flexibility index (Phi) is 6.19. The van der Waals surface area contributed by atoms with Crippen molar-refractivity contribution in [1.29, 1.82) is 0 Å². The number of hydrogen-bond acceptors (Lipinski definition) is 3. The van der Waals surface area contributed by atoms with Gasteiger partial charge in [0.05, 0.1) is 7.11 Å². The number of amides is 1. The van der Waals surface area contributed by atoms with Crippen molar-refractivity contribution in [3.8, 4) is 5.75 Å². The summed E-state index contributed by atoms with van der Waals surface area (Å²) in [5, 5.41) is 0. The lowest BCUT2D eigenvalue weighted by Crippen LogP contribution is -2.33. The molecule has 1 atom stereocenters. The number of rotatable bonds is 5. The van der Waals surface area contributed by atoms with Crippen LogP contribution in [0.15, 0.2) is 18.2 Å². The highest BCUT2D eigenvalue weighted by Crippen LogP contribution is 2.30. The maximum Gasteiger partial charge on any atom is 0.223 e. The van der Waals surface area contributed by atoms with Crippen molar-refractivity contribution >= 4 is 5.91 Å². The van der Waals surface area contributed by atoms with Crippen molar-refractivity contribution < 1.29 is 13.9 Å². The first-order chi connectivity index (χ1) is 10.7. The molecule has 4 nitrogen and oxygen atoms in total. The Balaban J connectivity index is 2.11. The molecule has 1 aromatic rings. The molecule has 0 aliphatic carbocycles. The van der Waals surface area contributed by atoms with E-state index >= 15 is 0 Å². The molecular weight excluding hydrogens is 283 g/mol. The number of carbonyl (C=O) groups is 1. The zero-order chi connectivity index (χ0) is 15.9. The fourth-order valence-electron chi connectivity index (χ4n) is 3.00. The average molecular weight is 308 g/mol. The predicted molar refractivity (Wildman–Crippen MR) is 84.4 cm³/mol. The smallest absolute Gasteiger partial charge is 0.223 e. The number of benzene rings is 1. The standard InChI is InChI=1S/C17H25FN2O2/c1-22-16-7-6-14(18)11-15(16)13(12-19)10-17(21)20-8-4-2-3-5-9-20/h6-7,11,13H,2-5,8-10,12,19H2,1H3. The van der Waals surface area contributed by atoms with Crippen LogP contribution in [0, 0.1) is 5.82 Å². The zero-order valence-corrected chi connectivity index (χ0v) is 13.2. The second-order valence-electron chi connectivity index (χ2n) is 5.82. The first-order valence-electron chi connectivity index (χ1n) is 7.97. The maximum atomic E-state index is 13.5. The van der Waals surface area contributed by atoms with Gasteiger partial charge in [-0.15, -0.1) is 0 Å². The maximum absolute atomic E-state index is 13.5. The van der Waals surface area contributed by atoms with Crippen molar-refractivity contribution in [2.45, 2.75) is 38.0 Å². The molecule has 1 fully saturated rings. The van der Waals surface area contributed by atoms with Crippen molar-refractivity contribution in [3.05, 3.63) is 29.6 Å². The van der Waals surface area contributed by atoms with E-state index in [0.717, 1.165) is 25.9 Å². The SMILES string of the molecule is COc1ccc(F)cc1C(CN)CC(=O)N1CCCCCC1. The van der Waals surface area contributed by atoms with Crippen LogP contribution >= 0.6 is 0 Å². The largest absolute Gasteiger partial charge is 0.496 e. The van der Waals surface area contributed by atoms with Gasteiger partial charge in [-0.05, 0) is 37.6 Å². The van der Waals surface area contributed by atoms with E-state index in [1.165, 1.54) is 25.0 Å². The summed E-state index contributed by atoms with van der Waals surface area (Å²) in [7, 11) is 1.54. The van der Waals surface area contributed by atoms with Gasteiger partial charge in [0.1, 0.15) is 11.6 Å². The molecular formula is C17H25FN2O2. The van der Waals surface area contributed by atoms with Gasteiger partial charge >= 0.3 is 0 Å². The summed E-state index contributed by atoms with van der Waals surface area (Å²) in [6.45, 7) is 1.92. The first kappa shape index (κ1) is 16.7. The number of ether oxygens (including phenoxy) is 1.